The van der Waals surface area contributed by atoms with Crippen molar-refractivity contribution in [2.24, 2.45) is 0 Å². The van der Waals surface area contributed by atoms with E-state index < -0.39 is 0 Å². The standard InChI is InChI=1S/C8H16N2O2S2.2C5H11NS2.Te/c1-5-11-6-2-9(1)13-14-10-3-7-12-8-4-10;2*1-3-6(4-2)5(7)8;/h1-8H2;2*3-4H2,1-2H3,(H,7,8);/q;;;+2/p-2. The van der Waals surface area contributed by atoms with Crippen molar-refractivity contribution in [2.75, 3.05) is 78.8 Å². The molecule has 6 nitrogen and oxygen atoms in total. The Labute approximate surface area is 236 Å². The van der Waals surface area contributed by atoms with Crippen molar-refractivity contribution in [1.29, 1.82) is 0 Å². The Morgan fingerprint density at radius 1 is 0.710 bits per heavy atom. The van der Waals surface area contributed by atoms with E-state index in [4.69, 9.17) is 59.2 Å². The molecule has 0 saturated carbocycles. The summed E-state index contributed by atoms with van der Waals surface area (Å²) in [5, 5.41) is 0. The van der Waals surface area contributed by atoms with Crippen LogP contribution in [-0.2, 0) is 34.7 Å². The van der Waals surface area contributed by atoms with Crippen LogP contribution >= 0.6 is 46.4 Å². The van der Waals surface area contributed by atoms with E-state index in [1.807, 2.05) is 59.5 Å². The van der Waals surface area contributed by atoms with Gasteiger partial charge in [0.2, 0.25) is 0 Å². The van der Waals surface area contributed by atoms with Gasteiger partial charge in [0.15, 0.2) is 0 Å². The predicted molar refractivity (Wildman–Crippen MR) is 151 cm³/mol. The average Bonchev–Trinajstić information content (AvgIpc) is 2.76. The Morgan fingerprint density at radius 3 is 1.13 bits per heavy atom. The minimum absolute atomic E-state index is 0. The molecule has 2 rings (SSSR count). The number of hydrogen-bond donors (Lipinski definition) is 0. The minimum Gasteiger partial charge on any atom is -0.411 e. The van der Waals surface area contributed by atoms with Crippen LogP contribution in [0.5, 0.6) is 0 Å². The van der Waals surface area contributed by atoms with Gasteiger partial charge >= 0.3 is 23.7 Å². The van der Waals surface area contributed by atoms with Gasteiger partial charge in [-0.25, -0.2) is 8.61 Å². The summed E-state index contributed by atoms with van der Waals surface area (Å²) in [5.74, 6) is 0. The molecule has 0 aromatic heterocycles. The zero-order valence-corrected chi connectivity index (χ0v) is 26.2. The molecular formula is C18H36N4O2S6Te. The van der Waals surface area contributed by atoms with Crippen LogP contribution in [0.15, 0.2) is 0 Å². The molecule has 0 amide bonds. The normalized spacial score (nSPS) is 16.5. The molecule has 0 aliphatic carbocycles. The SMILES string of the molecule is C1CN(SSN2CCOCC2)CCO1.CCN(CC)C(=S)[S-].CCN(CC)C(=S)[S-].[Te+2]. The molecule has 2 heterocycles. The fourth-order valence-electron chi connectivity index (χ4n) is 2.30. The van der Waals surface area contributed by atoms with Gasteiger partial charge in [0.05, 0.1) is 26.4 Å². The van der Waals surface area contributed by atoms with Gasteiger partial charge in [0, 0.05) is 74.3 Å². The van der Waals surface area contributed by atoms with Gasteiger partial charge in [0.25, 0.3) is 0 Å². The van der Waals surface area contributed by atoms with Crippen LogP contribution in [0.2, 0.25) is 0 Å². The molecule has 182 valence electrons. The summed E-state index contributed by atoms with van der Waals surface area (Å²) in [6.45, 7) is 19.6. The summed E-state index contributed by atoms with van der Waals surface area (Å²) >= 11 is 19.0. The molecule has 0 unspecified atom stereocenters. The number of rotatable bonds is 7. The Bertz CT molecular complexity index is 411. The number of thiocarbonyl (C=S) groups is 2. The molecule has 0 N–H and O–H groups in total. The zero-order chi connectivity index (χ0) is 22.8. The summed E-state index contributed by atoms with van der Waals surface area (Å²) in [5.41, 5.74) is 0. The molecular weight excluding hydrogens is 624 g/mol. The van der Waals surface area contributed by atoms with E-state index >= 15 is 0 Å². The third-order valence-corrected chi connectivity index (χ3v) is 7.94. The first-order valence-electron chi connectivity index (χ1n) is 10.3. The van der Waals surface area contributed by atoms with Crippen LogP contribution < -0.4 is 0 Å². The fraction of sp³-hybridized carbons (Fsp3) is 0.889. The van der Waals surface area contributed by atoms with Gasteiger partial charge in [-0.15, -0.1) is 0 Å². The molecule has 2 aliphatic heterocycles. The quantitative estimate of drug-likeness (QED) is 0.133. The molecule has 0 aromatic rings. The Morgan fingerprint density at radius 2 is 0.968 bits per heavy atom. The van der Waals surface area contributed by atoms with Gasteiger partial charge in [-0.05, 0) is 27.7 Å². The molecule has 2 aliphatic rings. The molecule has 2 fully saturated rings. The van der Waals surface area contributed by atoms with Crippen LogP contribution in [0.1, 0.15) is 27.7 Å². The molecule has 0 bridgehead atoms. The average molecular weight is 661 g/mol. The van der Waals surface area contributed by atoms with E-state index in [2.05, 4.69) is 8.61 Å². The predicted octanol–water partition coefficient (Wildman–Crippen LogP) is 2.80. The fourth-order valence-corrected chi connectivity index (χ4v) is 5.58. The van der Waals surface area contributed by atoms with E-state index in [1.165, 1.54) is 0 Å². The molecule has 4 radical (unpaired) electrons. The molecule has 13 heteroatoms. The van der Waals surface area contributed by atoms with E-state index in [0.717, 1.165) is 78.8 Å². The maximum Gasteiger partial charge on any atom is 2.00 e. The Kier molecular flexibility index (Phi) is 26.1. The number of morpholine rings is 2. The minimum atomic E-state index is 0. The maximum absolute atomic E-state index is 5.29. The second-order valence-corrected chi connectivity index (χ2v) is 10.4. The molecule has 2 saturated heterocycles. The first kappa shape index (κ1) is 34.7. The summed E-state index contributed by atoms with van der Waals surface area (Å²) in [6.07, 6.45) is 0. The first-order chi connectivity index (χ1) is 14.4. The molecule has 0 aromatic carbocycles. The largest absolute Gasteiger partial charge is 2.00 e. The van der Waals surface area contributed by atoms with Crippen molar-refractivity contribution in [3.8, 4) is 0 Å². The Balaban J connectivity index is 0. The smallest absolute Gasteiger partial charge is 0.411 e. The van der Waals surface area contributed by atoms with E-state index in [1.54, 1.807) is 0 Å². The van der Waals surface area contributed by atoms with Crippen molar-refractivity contribution in [3.05, 3.63) is 0 Å². The second-order valence-electron chi connectivity index (χ2n) is 6.11. The van der Waals surface area contributed by atoms with Gasteiger partial charge in [0.1, 0.15) is 0 Å². The van der Waals surface area contributed by atoms with Crippen LogP contribution in [0.3, 0.4) is 0 Å². The topological polar surface area (TPSA) is 31.4 Å². The van der Waals surface area contributed by atoms with Crippen LogP contribution in [0.4, 0.5) is 0 Å². The number of hydrogen-bond acceptors (Lipinski definition) is 10. The van der Waals surface area contributed by atoms with Gasteiger partial charge in [-0.1, -0.05) is 8.64 Å². The maximum atomic E-state index is 5.29. The first-order valence-corrected chi connectivity index (χ1v) is 14.0. The van der Waals surface area contributed by atoms with Gasteiger partial charge < -0.3 is 69.0 Å². The summed E-state index contributed by atoms with van der Waals surface area (Å²) in [7, 11) is 3.69. The van der Waals surface area contributed by atoms with E-state index in [0.29, 0.717) is 8.64 Å². The number of ether oxygens (including phenoxy) is 2. The monoisotopic (exact) mass is 662 g/mol. The molecule has 31 heavy (non-hydrogen) atoms. The van der Waals surface area contributed by atoms with Crippen molar-refractivity contribution in [2.45, 2.75) is 27.7 Å². The number of nitrogens with zero attached hydrogens (tertiary/aromatic N) is 4. The molecule has 0 spiro atoms. The zero-order valence-electron chi connectivity index (χ0n) is 18.9. The van der Waals surface area contributed by atoms with E-state index in [9.17, 15) is 0 Å². The van der Waals surface area contributed by atoms with Crippen molar-refractivity contribution < 1.29 is 9.47 Å². The molecule has 0 atom stereocenters. The third kappa shape index (κ3) is 18.5. The third-order valence-electron chi connectivity index (χ3n) is 4.23. The second kappa shape index (κ2) is 23.3. The van der Waals surface area contributed by atoms with Crippen molar-refractivity contribution in [3.63, 3.8) is 0 Å². The van der Waals surface area contributed by atoms with Crippen LogP contribution in [0.25, 0.3) is 0 Å². The summed E-state index contributed by atoms with van der Waals surface area (Å²) in [4.78, 5) is 3.93. The van der Waals surface area contributed by atoms with Crippen molar-refractivity contribution in [1.82, 2.24) is 18.4 Å². The van der Waals surface area contributed by atoms with Crippen LogP contribution in [0, 0.1) is 0 Å². The van der Waals surface area contributed by atoms with Gasteiger partial charge in [-0.2, -0.15) is 0 Å². The van der Waals surface area contributed by atoms with Crippen molar-refractivity contribution >= 4 is 104 Å². The van der Waals surface area contributed by atoms with Crippen LogP contribution in [-0.4, -0.2) is 130 Å². The Hall–Kier alpha value is 1.55. The van der Waals surface area contributed by atoms with E-state index in [-0.39, 0.29) is 23.7 Å². The van der Waals surface area contributed by atoms with Gasteiger partial charge in [-0.3, -0.25) is 0 Å². The summed E-state index contributed by atoms with van der Waals surface area (Å²) < 4.78 is 16.5. The summed E-state index contributed by atoms with van der Waals surface area (Å²) in [6, 6.07) is 0.